The highest BCUT2D eigenvalue weighted by atomic mass is 16.5. The number of methoxy groups -OCH3 is 1. The minimum absolute atomic E-state index is 0.370. The van der Waals surface area contributed by atoms with E-state index in [1.807, 2.05) is 13.0 Å². The van der Waals surface area contributed by atoms with E-state index >= 15 is 0 Å². The molecule has 0 spiro atoms. The molecule has 5 heteroatoms. The van der Waals surface area contributed by atoms with Crippen LogP contribution in [0.2, 0.25) is 0 Å². The molecule has 0 radical (unpaired) electrons. The van der Waals surface area contributed by atoms with Gasteiger partial charge in [-0.2, -0.15) is 4.98 Å². The molecule has 0 amide bonds. The van der Waals surface area contributed by atoms with E-state index in [0.29, 0.717) is 31.0 Å². The molecule has 0 bridgehead atoms. The van der Waals surface area contributed by atoms with Crippen molar-refractivity contribution in [1.82, 2.24) is 9.97 Å². The largest absolute Gasteiger partial charge is 0.478 e. The smallest absolute Gasteiger partial charge is 0.218 e. The predicted octanol–water partition coefficient (Wildman–Crippen LogP) is 2.23. The Labute approximate surface area is 103 Å². The third kappa shape index (κ3) is 4.56. The fourth-order valence-corrected chi connectivity index (χ4v) is 1.32. The summed E-state index contributed by atoms with van der Waals surface area (Å²) in [6, 6.07) is 2.18. The van der Waals surface area contributed by atoms with Gasteiger partial charge in [-0.25, -0.2) is 4.98 Å². The Balaban J connectivity index is 2.86. The highest BCUT2D eigenvalue weighted by molar-refractivity contribution is 5.39. The van der Waals surface area contributed by atoms with Crippen molar-refractivity contribution in [2.24, 2.45) is 0 Å². The molecule has 1 atom stereocenters. The highest BCUT2D eigenvalue weighted by Crippen LogP contribution is 2.15. The van der Waals surface area contributed by atoms with Crippen LogP contribution < -0.4 is 10.1 Å². The summed E-state index contributed by atoms with van der Waals surface area (Å²) in [5, 5.41) is 3.30. The second-order valence-corrected chi connectivity index (χ2v) is 3.83. The topological polar surface area (TPSA) is 56.3 Å². The number of nitrogens with one attached hydrogen (secondary N) is 1. The second-order valence-electron chi connectivity index (χ2n) is 3.83. The first-order valence-corrected chi connectivity index (χ1v) is 5.95. The SMILES string of the molecule is CCOc1cc(NC(C)CC)nc(COC)n1. The average Bonchev–Trinajstić information content (AvgIpc) is 2.29. The normalized spacial score (nSPS) is 12.2. The minimum Gasteiger partial charge on any atom is -0.478 e. The monoisotopic (exact) mass is 239 g/mol. The van der Waals surface area contributed by atoms with Crippen molar-refractivity contribution in [1.29, 1.82) is 0 Å². The molecule has 5 nitrogen and oxygen atoms in total. The number of aromatic nitrogens is 2. The van der Waals surface area contributed by atoms with Crippen LogP contribution in [0.15, 0.2) is 6.07 Å². The minimum atomic E-state index is 0.370. The van der Waals surface area contributed by atoms with E-state index in [9.17, 15) is 0 Å². The van der Waals surface area contributed by atoms with Gasteiger partial charge in [0.1, 0.15) is 12.4 Å². The van der Waals surface area contributed by atoms with Crippen molar-refractivity contribution in [3.05, 3.63) is 11.9 Å². The lowest BCUT2D eigenvalue weighted by atomic mass is 10.2. The van der Waals surface area contributed by atoms with Crippen LogP contribution in [0, 0.1) is 0 Å². The van der Waals surface area contributed by atoms with Crippen LogP contribution in [0.4, 0.5) is 5.82 Å². The van der Waals surface area contributed by atoms with Gasteiger partial charge in [-0.1, -0.05) is 6.92 Å². The standard InChI is InChI=1S/C12H21N3O2/c1-5-9(3)13-10-7-12(17-6-2)15-11(14-10)8-16-4/h7,9H,5-6,8H2,1-4H3,(H,13,14,15). The molecule has 0 aliphatic carbocycles. The van der Waals surface area contributed by atoms with Gasteiger partial charge in [0.2, 0.25) is 5.88 Å². The molecule has 0 aliphatic heterocycles. The highest BCUT2D eigenvalue weighted by Gasteiger charge is 2.07. The Morgan fingerprint density at radius 2 is 2.12 bits per heavy atom. The fourth-order valence-electron chi connectivity index (χ4n) is 1.32. The predicted molar refractivity (Wildman–Crippen MR) is 67.3 cm³/mol. The van der Waals surface area contributed by atoms with Crippen molar-refractivity contribution in [2.75, 3.05) is 19.0 Å². The van der Waals surface area contributed by atoms with Gasteiger partial charge in [-0.3, -0.25) is 0 Å². The summed E-state index contributed by atoms with van der Waals surface area (Å²) >= 11 is 0. The van der Waals surface area contributed by atoms with E-state index in [4.69, 9.17) is 9.47 Å². The lowest BCUT2D eigenvalue weighted by Crippen LogP contribution is -2.15. The summed E-state index contributed by atoms with van der Waals surface area (Å²) in [5.41, 5.74) is 0. The van der Waals surface area contributed by atoms with Crippen molar-refractivity contribution in [3.63, 3.8) is 0 Å². The van der Waals surface area contributed by atoms with Gasteiger partial charge < -0.3 is 14.8 Å². The van der Waals surface area contributed by atoms with E-state index in [1.54, 1.807) is 7.11 Å². The molecule has 96 valence electrons. The second kappa shape index (κ2) is 7.06. The van der Waals surface area contributed by atoms with Crippen LogP contribution >= 0.6 is 0 Å². The Morgan fingerprint density at radius 3 is 2.71 bits per heavy atom. The van der Waals surface area contributed by atoms with Gasteiger partial charge in [0, 0.05) is 19.2 Å². The molecule has 1 rings (SSSR count). The van der Waals surface area contributed by atoms with Crippen LogP contribution in [-0.4, -0.2) is 29.7 Å². The van der Waals surface area contributed by atoms with Gasteiger partial charge >= 0.3 is 0 Å². The first-order valence-electron chi connectivity index (χ1n) is 5.95. The molecular formula is C12H21N3O2. The summed E-state index contributed by atoms with van der Waals surface area (Å²) in [4.78, 5) is 8.61. The van der Waals surface area contributed by atoms with Crippen LogP contribution in [0.1, 0.15) is 33.0 Å². The van der Waals surface area contributed by atoms with E-state index < -0.39 is 0 Å². The molecule has 1 unspecified atom stereocenters. The molecular weight excluding hydrogens is 218 g/mol. The molecule has 0 saturated heterocycles. The maximum Gasteiger partial charge on any atom is 0.218 e. The zero-order chi connectivity index (χ0) is 12.7. The van der Waals surface area contributed by atoms with Crippen molar-refractivity contribution >= 4 is 5.82 Å². The van der Waals surface area contributed by atoms with Crippen LogP contribution in [0.25, 0.3) is 0 Å². The summed E-state index contributed by atoms with van der Waals surface area (Å²) in [6.45, 7) is 7.14. The molecule has 17 heavy (non-hydrogen) atoms. The Bertz CT molecular complexity index is 320. The number of hydrogen-bond acceptors (Lipinski definition) is 5. The van der Waals surface area contributed by atoms with Gasteiger partial charge in [0.05, 0.1) is 6.61 Å². The average molecular weight is 239 g/mol. The number of nitrogens with zero attached hydrogens (tertiary/aromatic N) is 2. The van der Waals surface area contributed by atoms with Crippen molar-refractivity contribution in [2.45, 2.75) is 39.8 Å². The summed E-state index contributed by atoms with van der Waals surface area (Å²) in [7, 11) is 1.62. The summed E-state index contributed by atoms with van der Waals surface area (Å²) in [5.74, 6) is 1.99. The Kier molecular flexibility index (Phi) is 5.69. The molecule has 0 fully saturated rings. The van der Waals surface area contributed by atoms with Crippen LogP contribution in [0.5, 0.6) is 5.88 Å². The maximum absolute atomic E-state index is 5.40. The Morgan fingerprint density at radius 1 is 1.35 bits per heavy atom. The third-order valence-electron chi connectivity index (χ3n) is 2.32. The van der Waals surface area contributed by atoms with Gasteiger partial charge in [0.15, 0.2) is 5.82 Å². The maximum atomic E-state index is 5.40. The van der Waals surface area contributed by atoms with E-state index in [2.05, 4.69) is 29.1 Å². The Hall–Kier alpha value is -1.36. The van der Waals surface area contributed by atoms with E-state index in [1.165, 1.54) is 0 Å². The van der Waals surface area contributed by atoms with Crippen LogP contribution in [0.3, 0.4) is 0 Å². The van der Waals surface area contributed by atoms with Crippen molar-refractivity contribution < 1.29 is 9.47 Å². The fraction of sp³-hybridized carbons (Fsp3) is 0.667. The van der Waals surface area contributed by atoms with Gasteiger partial charge in [-0.15, -0.1) is 0 Å². The third-order valence-corrected chi connectivity index (χ3v) is 2.32. The van der Waals surface area contributed by atoms with Gasteiger partial charge in [-0.05, 0) is 20.3 Å². The van der Waals surface area contributed by atoms with E-state index in [-0.39, 0.29) is 0 Å². The first-order chi connectivity index (χ1) is 8.19. The molecule has 1 N–H and O–H groups in total. The van der Waals surface area contributed by atoms with Gasteiger partial charge in [0.25, 0.3) is 0 Å². The number of ether oxygens (including phenoxy) is 2. The zero-order valence-corrected chi connectivity index (χ0v) is 11.0. The summed E-state index contributed by atoms with van der Waals surface area (Å²) < 4.78 is 10.4. The number of rotatable bonds is 7. The first kappa shape index (κ1) is 13.7. The van der Waals surface area contributed by atoms with Crippen molar-refractivity contribution in [3.8, 4) is 5.88 Å². The molecule has 0 saturated carbocycles. The number of anilines is 1. The van der Waals surface area contributed by atoms with Crippen LogP contribution in [-0.2, 0) is 11.3 Å². The molecule has 0 aliphatic rings. The molecule has 1 heterocycles. The lowest BCUT2D eigenvalue weighted by Gasteiger charge is -2.14. The number of hydrogen-bond donors (Lipinski definition) is 1. The summed E-state index contributed by atoms with van der Waals surface area (Å²) in [6.07, 6.45) is 1.04. The zero-order valence-electron chi connectivity index (χ0n) is 11.0. The quantitative estimate of drug-likeness (QED) is 0.790. The van der Waals surface area contributed by atoms with E-state index in [0.717, 1.165) is 12.2 Å². The molecule has 1 aromatic rings. The molecule has 1 aromatic heterocycles. The lowest BCUT2D eigenvalue weighted by molar-refractivity contribution is 0.176. The molecule has 0 aromatic carbocycles.